The summed E-state index contributed by atoms with van der Waals surface area (Å²) in [6.45, 7) is 1.54. The third-order valence-corrected chi connectivity index (χ3v) is 7.86. The molecule has 0 radical (unpaired) electrons. The lowest BCUT2D eigenvalue weighted by Gasteiger charge is -2.18. The van der Waals surface area contributed by atoms with Crippen LogP contribution in [0.25, 0.3) is 0 Å². The van der Waals surface area contributed by atoms with Crippen LogP contribution in [-0.4, -0.2) is 43.4 Å². The van der Waals surface area contributed by atoms with Crippen molar-refractivity contribution >= 4 is 27.3 Å². The van der Waals surface area contributed by atoms with E-state index in [4.69, 9.17) is 4.74 Å². The number of carbonyl (C=O) groups excluding carboxylic acids is 1. The number of sulfonamides is 1. The van der Waals surface area contributed by atoms with Gasteiger partial charge in [0.1, 0.15) is 10.6 Å². The number of benzene rings is 2. The van der Waals surface area contributed by atoms with Crippen molar-refractivity contribution in [2.45, 2.75) is 24.3 Å². The molecule has 1 aliphatic heterocycles. The lowest BCUT2D eigenvalue weighted by atomic mass is 10.2. The van der Waals surface area contributed by atoms with Crippen molar-refractivity contribution in [2.75, 3.05) is 20.2 Å². The third kappa shape index (κ3) is 4.63. The van der Waals surface area contributed by atoms with Crippen LogP contribution in [0, 0.1) is 0 Å². The molecule has 1 aliphatic rings. The van der Waals surface area contributed by atoms with E-state index in [1.54, 1.807) is 6.07 Å². The smallest absolute Gasteiger partial charge is 0.279 e. The maximum atomic E-state index is 13.1. The maximum Gasteiger partial charge on any atom is 0.279 e. The highest BCUT2D eigenvalue weighted by molar-refractivity contribution is 7.89. The van der Waals surface area contributed by atoms with Crippen LogP contribution in [0.1, 0.15) is 28.8 Å². The van der Waals surface area contributed by atoms with Crippen molar-refractivity contribution in [1.29, 1.82) is 0 Å². The highest BCUT2D eigenvalue weighted by Gasteiger charge is 2.30. The van der Waals surface area contributed by atoms with Crippen molar-refractivity contribution in [1.82, 2.24) is 8.87 Å². The monoisotopic (exact) mass is 457 g/mol. The molecule has 0 saturated carbocycles. The number of nitrogens with zero attached hydrogens (tertiary/aromatic N) is 3. The lowest BCUT2D eigenvalue weighted by Crippen LogP contribution is -2.28. The number of methoxy groups -OCH3 is 1. The Balaban J connectivity index is 1.67. The molecule has 1 saturated heterocycles. The van der Waals surface area contributed by atoms with Crippen LogP contribution in [0.15, 0.2) is 70.0 Å². The van der Waals surface area contributed by atoms with Gasteiger partial charge in [-0.05, 0) is 36.6 Å². The second kappa shape index (κ2) is 9.17. The van der Waals surface area contributed by atoms with Gasteiger partial charge in [-0.15, -0.1) is 11.3 Å². The summed E-state index contributed by atoms with van der Waals surface area (Å²) in [5.41, 5.74) is 1.30. The molecule has 1 amide bonds. The number of carbonyl (C=O) groups is 1. The normalized spacial score (nSPS) is 15.3. The number of thiazole rings is 1. The zero-order chi connectivity index (χ0) is 21.8. The fourth-order valence-electron chi connectivity index (χ4n) is 3.52. The summed E-state index contributed by atoms with van der Waals surface area (Å²) in [6.07, 6.45) is 3.53. The Morgan fingerprint density at radius 2 is 1.87 bits per heavy atom. The molecule has 0 N–H and O–H groups in total. The summed E-state index contributed by atoms with van der Waals surface area (Å²) in [7, 11) is -2.32. The number of hydrogen-bond acceptors (Lipinski definition) is 5. The van der Waals surface area contributed by atoms with E-state index in [0.29, 0.717) is 24.4 Å². The third-order valence-electron chi connectivity index (χ3n) is 5.15. The summed E-state index contributed by atoms with van der Waals surface area (Å²) in [5.74, 6) is -0.275. The molecule has 0 spiro atoms. The minimum absolute atomic E-state index is 0.00120. The first-order valence-electron chi connectivity index (χ1n) is 9.94. The topological polar surface area (TPSA) is 81.0 Å². The molecule has 2 aromatic carbocycles. The van der Waals surface area contributed by atoms with Gasteiger partial charge in [-0.3, -0.25) is 4.79 Å². The summed E-state index contributed by atoms with van der Waals surface area (Å²) in [4.78, 5) is 17.7. The van der Waals surface area contributed by atoms with E-state index in [1.807, 2.05) is 46.5 Å². The predicted molar refractivity (Wildman–Crippen MR) is 119 cm³/mol. The Morgan fingerprint density at radius 3 is 2.58 bits per heavy atom. The van der Waals surface area contributed by atoms with Crippen LogP contribution in [0.5, 0.6) is 5.75 Å². The number of ether oxygens (including phenoxy) is 1. The van der Waals surface area contributed by atoms with Gasteiger partial charge in [-0.2, -0.15) is 9.30 Å². The van der Waals surface area contributed by atoms with Gasteiger partial charge >= 0.3 is 0 Å². The van der Waals surface area contributed by atoms with E-state index in [0.717, 1.165) is 18.4 Å². The molecular weight excluding hydrogens is 434 g/mol. The standard InChI is InChI=1S/C22H23N3O4S2/c1-29-19-10-9-18(15-20(19)31(27,28)25-11-5-6-12-25)21(26)23-22-24(13-14-30-22)16-17-7-3-2-4-8-17/h2-4,7-10,13-15H,5-6,11-12,16H2,1H3. The van der Waals surface area contributed by atoms with Crippen molar-refractivity contribution in [3.8, 4) is 5.75 Å². The largest absolute Gasteiger partial charge is 0.495 e. The van der Waals surface area contributed by atoms with Crippen LogP contribution in [0.3, 0.4) is 0 Å². The fourth-order valence-corrected chi connectivity index (χ4v) is 5.94. The van der Waals surface area contributed by atoms with Crippen LogP contribution in [0.4, 0.5) is 0 Å². The van der Waals surface area contributed by atoms with Gasteiger partial charge in [0.05, 0.1) is 7.11 Å². The Kier molecular flexibility index (Phi) is 6.35. The van der Waals surface area contributed by atoms with Gasteiger partial charge < -0.3 is 9.30 Å². The van der Waals surface area contributed by atoms with Crippen LogP contribution in [0.2, 0.25) is 0 Å². The first-order chi connectivity index (χ1) is 15.0. The van der Waals surface area contributed by atoms with Gasteiger partial charge in [0, 0.05) is 36.8 Å². The van der Waals surface area contributed by atoms with Crippen LogP contribution >= 0.6 is 11.3 Å². The van der Waals surface area contributed by atoms with Crippen molar-refractivity contribution in [3.05, 3.63) is 76.0 Å². The Hall–Kier alpha value is -2.75. The highest BCUT2D eigenvalue weighted by Crippen LogP contribution is 2.30. The number of rotatable bonds is 6. The molecule has 1 fully saturated rings. The second-order valence-electron chi connectivity index (χ2n) is 7.19. The van der Waals surface area contributed by atoms with Gasteiger partial charge in [-0.25, -0.2) is 8.42 Å². The SMILES string of the molecule is COc1ccc(C(=O)N=c2sccn2Cc2ccccc2)cc1S(=O)(=O)N1CCCC1. The lowest BCUT2D eigenvalue weighted by molar-refractivity contribution is 0.0997. The average Bonchev–Trinajstić information content (AvgIpc) is 3.47. The molecular formula is C22H23N3O4S2. The van der Waals surface area contributed by atoms with E-state index in [1.165, 1.54) is 34.9 Å². The average molecular weight is 458 g/mol. The minimum atomic E-state index is -3.74. The summed E-state index contributed by atoms with van der Waals surface area (Å²) < 4.78 is 34.7. The van der Waals surface area contributed by atoms with E-state index >= 15 is 0 Å². The molecule has 9 heteroatoms. The van der Waals surface area contributed by atoms with Crippen molar-refractivity contribution in [2.24, 2.45) is 4.99 Å². The fraction of sp³-hybridized carbons (Fsp3) is 0.273. The Morgan fingerprint density at radius 1 is 1.13 bits per heavy atom. The zero-order valence-electron chi connectivity index (χ0n) is 17.1. The molecule has 2 heterocycles. The van der Waals surface area contributed by atoms with Crippen molar-refractivity contribution < 1.29 is 17.9 Å². The molecule has 0 unspecified atom stereocenters. The molecule has 0 bridgehead atoms. The van der Waals surface area contributed by atoms with E-state index in [2.05, 4.69) is 4.99 Å². The molecule has 31 heavy (non-hydrogen) atoms. The highest BCUT2D eigenvalue weighted by atomic mass is 32.2. The molecule has 4 rings (SSSR count). The van der Waals surface area contributed by atoms with Gasteiger partial charge in [0.25, 0.3) is 5.91 Å². The van der Waals surface area contributed by atoms with Crippen LogP contribution < -0.4 is 9.54 Å². The first-order valence-corrected chi connectivity index (χ1v) is 12.3. The van der Waals surface area contributed by atoms with E-state index in [-0.39, 0.29) is 16.2 Å². The first kappa shape index (κ1) is 21.5. The molecule has 0 aliphatic carbocycles. The van der Waals surface area contributed by atoms with Gasteiger partial charge in [0.15, 0.2) is 4.80 Å². The summed E-state index contributed by atoms with van der Waals surface area (Å²) >= 11 is 1.35. The molecule has 3 aromatic rings. The minimum Gasteiger partial charge on any atom is -0.495 e. The Labute approximate surface area is 185 Å². The van der Waals surface area contributed by atoms with E-state index < -0.39 is 15.9 Å². The van der Waals surface area contributed by atoms with Gasteiger partial charge in [-0.1, -0.05) is 30.3 Å². The predicted octanol–water partition coefficient (Wildman–Crippen LogP) is 3.13. The maximum absolute atomic E-state index is 13.1. The van der Waals surface area contributed by atoms with Crippen LogP contribution in [-0.2, 0) is 16.6 Å². The quantitative estimate of drug-likeness (QED) is 0.570. The van der Waals surface area contributed by atoms with Gasteiger partial charge in [0.2, 0.25) is 10.0 Å². The zero-order valence-corrected chi connectivity index (χ0v) is 18.7. The molecule has 7 nitrogen and oxygen atoms in total. The molecule has 0 atom stereocenters. The van der Waals surface area contributed by atoms with E-state index in [9.17, 15) is 13.2 Å². The van der Waals surface area contributed by atoms with Crippen molar-refractivity contribution in [3.63, 3.8) is 0 Å². The summed E-state index contributed by atoms with van der Waals surface area (Å²) in [5, 5.41) is 1.87. The number of aromatic nitrogens is 1. The Bertz CT molecular complexity index is 1240. The molecule has 1 aromatic heterocycles. The molecule has 162 valence electrons. The number of hydrogen-bond donors (Lipinski definition) is 0. The number of amides is 1. The second-order valence-corrected chi connectivity index (χ2v) is 9.97. The summed E-state index contributed by atoms with van der Waals surface area (Å²) in [6, 6.07) is 14.3.